The highest BCUT2D eigenvalue weighted by Crippen LogP contribution is 2.17. The maximum Gasteiger partial charge on any atom is 0.128 e. The van der Waals surface area contributed by atoms with E-state index in [1.54, 1.807) is 6.20 Å². The Labute approximate surface area is 90.0 Å². The van der Waals surface area contributed by atoms with E-state index in [4.69, 9.17) is 0 Å². The van der Waals surface area contributed by atoms with Gasteiger partial charge in [0.1, 0.15) is 5.82 Å². The molecule has 0 atom stereocenters. The molecule has 0 spiro atoms. The Balaban J connectivity index is 0.000000531. The van der Waals surface area contributed by atoms with E-state index in [1.807, 2.05) is 39.0 Å². The zero-order chi connectivity index (χ0) is 11.3. The maximum atomic E-state index is 13.3. The number of pyridine rings is 1. The van der Waals surface area contributed by atoms with Crippen molar-refractivity contribution in [3.8, 4) is 0 Å². The van der Waals surface area contributed by atoms with Crippen molar-refractivity contribution >= 4 is 10.9 Å². The molecule has 0 fully saturated rings. The Kier molecular flexibility index (Phi) is 4.22. The summed E-state index contributed by atoms with van der Waals surface area (Å²) in [6.45, 7) is 5.95. The predicted molar refractivity (Wildman–Crippen MR) is 62.4 cm³/mol. The van der Waals surface area contributed by atoms with Gasteiger partial charge in [-0.2, -0.15) is 0 Å². The standard InChI is InChI=1S/C11H10FN.C2H6/c1-2-8-6-9-4-3-5-13-11(9)7-10(8)12;1-2/h3-7H,2H2,1H3;1-2H3. The summed E-state index contributed by atoms with van der Waals surface area (Å²) in [5.41, 5.74) is 1.47. The summed E-state index contributed by atoms with van der Waals surface area (Å²) in [6, 6.07) is 7.16. The molecule has 1 heterocycles. The van der Waals surface area contributed by atoms with Crippen LogP contribution >= 0.6 is 0 Å². The fourth-order valence-electron chi connectivity index (χ4n) is 1.41. The second-order valence-corrected chi connectivity index (χ2v) is 2.99. The molecule has 2 rings (SSSR count). The average Bonchev–Trinajstić information content (AvgIpc) is 2.31. The van der Waals surface area contributed by atoms with E-state index in [0.717, 1.165) is 22.9 Å². The first-order valence-electron chi connectivity index (χ1n) is 5.34. The number of aryl methyl sites for hydroxylation is 1. The van der Waals surface area contributed by atoms with Gasteiger partial charge in [0.25, 0.3) is 0 Å². The van der Waals surface area contributed by atoms with Gasteiger partial charge in [-0.05, 0) is 24.1 Å². The van der Waals surface area contributed by atoms with Crippen LogP contribution in [0.4, 0.5) is 4.39 Å². The van der Waals surface area contributed by atoms with Crippen molar-refractivity contribution in [2.24, 2.45) is 0 Å². The molecule has 2 heteroatoms. The number of aromatic nitrogens is 1. The normalized spacial score (nSPS) is 9.60. The molecular formula is C13H16FN. The number of benzene rings is 1. The lowest BCUT2D eigenvalue weighted by Gasteiger charge is -2.01. The van der Waals surface area contributed by atoms with Gasteiger partial charge in [-0.1, -0.05) is 26.8 Å². The maximum absolute atomic E-state index is 13.3. The lowest BCUT2D eigenvalue weighted by Crippen LogP contribution is -1.88. The van der Waals surface area contributed by atoms with Gasteiger partial charge in [-0.25, -0.2) is 4.39 Å². The molecule has 2 aromatic rings. The van der Waals surface area contributed by atoms with Gasteiger partial charge in [0.15, 0.2) is 0 Å². The fraction of sp³-hybridized carbons (Fsp3) is 0.308. The van der Waals surface area contributed by atoms with Crippen molar-refractivity contribution in [1.82, 2.24) is 4.98 Å². The molecule has 1 nitrogen and oxygen atoms in total. The van der Waals surface area contributed by atoms with Gasteiger partial charge in [0.05, 0.1) is 5.52 Å². The molecule has 0 aliphatic rings. The van der Waals surface area contributed by atoms with Gasteiger partial charge in [0, 0.05) is 17.6 Å². The van der Waals surface area contributed by atoms with Crippen LogP contribution in [-0.2, 0) is 6.42 Å². The minimum atomic E-state index is -0.159. The smallest absolute Gasteiger partial charge is 0.128 e. The van der Waals surface area contributed by atoms with Crippen LogP contribution in [0.3, 0.4) is 0 Å². The largest absolute Gasteiger partial charge is 0.256 e. The Morgan fingerprint density at radius 1 is 1.27 bits per heavy atom. The van der Waals surface area contributed by atoms with E-state index >= 15 is 0 Å². The Morgan fingerprint density at radius 3 is 2.67 bits per heavy atom. The number of hydrogen-bond acceptors (Lipinski definition) is 1. The van der Waals surface area contributed by atoms with Crippen LogP contribution in [0.1, 0.15) is 26.3 Å². The predicted octanol–water partition coefficient (Wildman–Crippen LogP) is 3.96. The third kappa shape index (κ3) is 2.52. The first kappa shape index (κ1) is 11.6. The molecule has 80 valence electrons. The summed E-state index contributed by atoms with van der Waals surface area (Å²) < 4.78 is 13.3. The van der Waals surface area contributed by atoms with Crippen LogP contribution in [0.5, 0.6) is 0 Å². The molecule has 0 N–H and O–H groups in total. The molecule has 0 aliphatic heterocycles. The van der Waals surface area contributed by atoms with Gasteiger partial charge in [-0.3, -0.25) is 4.98 Å². The van der Waals surface area contributed by atoms with E-state index in [0.29, 0.717) is 0 Å². The van der Waals surface area contributed by atoms with Crippen LogP contribution in [-0.4, -0.2) is 4.98 Å². The number of halogens is 1. The number of fused-ring (bicyclic) bond motifs is 1. The molecule has 1 aromatic carbocycles. The van der Waals surface area contributed by atoms with E-state index in [9.17, 15) is 4.39 Å². The van der Waals surface area contributed by atoms with Crippen LogP contribution in [0.25, 0.3) is 10.9 Å². The molecule has 0 amide bonds. The van der Waals surface area contributed by atoms with Crippen LogP contribution in [0, 0.1) is 5.82 Å². The molecular weight excluding hydrogens is 189 g/mol. The van der Waals surface area contributed by atoms with Crippen LogP contribution in [0.15, 0.2) is 30.5 Å². The molecule has 0 unspecified atom stereocenters. The Morgan fingerprint density at radius 2 is 2.00 bits per heavy atom. The van der Waals surface area contributed by atoms with Gasteiger partial charge >= 0.3 is 0 Å². The topological polar surface area (TPSA) is 12.9 Å². The Bertz CT molecular complexity index is 437. The number of rotatable bonds is 1. The summed E-state index contributed by atoms with van der Waals surface area (Å²) >= 11 is 0. The van der Waals surface area contributed by atoms with E-state index in [1.165, 1.54) is 6.07 Å². The van der Waals surface area contributed by atoms with Crippen molar-refractivity contribution in [3.05, 3.63) is 41.8 Å². The summed E-state index contributed by atoms with van der Waals surface area (Å²) in [4.78, 5) is 4.08. The summed E-state index contributed by atoms with van der Waals surface area (Å²) in [5, 5.41) is 1.00. The third-order valence-corrected chi connectivity index (χ3v) is 2.15. The lowest BCUT2D eigenvalue weighted by atomic mass is 10.1. The zero-order valence-electron chi connectivity index (χ0n) is 9.42. The molecule has 0 saturated carbocycles. The highest BCUT2D eigenvalue weighted by Gasteiger charge is 2.02. The van der Waals surface area contributed by atoms with Crippen molar-refractivity contribution in [2.75, 3.05) is 0 Å². The third-order valence-electron chi connectivity index (χ3n) is 2.15. The van der Waals surface area contributed by atoms with E-state index in [-0.39, 0.29) is 5.82 Å². The zero-order valence-corrected chi connectivity index (χ0v) is 9.42. The van der Waals surface area contributed by atoms with Gasteiger partial charge in [-0.15, -0.1) is 0 Å². The summed E-state index contributed by atoms with van der Waals surface area (Å²) in [5.74, 6) is -0.159. The highest BCUT2D eigenvalue weighted by molar-refractivity contribution is 5.79. The quantitative estimate of drug-likeness (QED) is 0.686. The highest BCUT2D eigenvalue weighted by atomic mass is 19.1. The SMILES string of the molecule is CC.CCc1cc2cccnc2cc1F. The second kappa shape index (κ2) is 5.44. The fourth-order valence-corrected chi connectivity index (χ4v) is 1.41. The van der Waals surface area contributed by atoms with Crippen molar-refractivity contribution in [1.29, 1.82) is 0 Å². The van der Waals surface area contributed by atoms with E-state index < -0.39 is 0 Å². The molecule has 0 aliphatic carbocycles. The monoisotopic (exact) mass is 205 g/mol. The van der Waals surface area contributed by atoms with Crippen molar-refractivity contribution < 1.29 is 4.39 Å². The summed E-state index contributed by atoms with van der Waals surface area (Å²) in [6.07, 6.45) is 2.39. The molecule has 0 saturated heterocycles. The van der Waals surface area contributed by atoms with Gasteiger partial charge < -0.3 is 0 Å². The summed E-state index contributed by atoms with van der Waals surface area (Å²) in [7, 11) is 0. The molecule has 0 radical (unpaired) electrons. The lowest BCUT2D eigenvalue weighted by molar-refractivity contribution is 0.614. The molecule has 15 heavy (non-hydrogen) atoms. The minimum absolute atomic E-state index is 0.159. The first-order valence-corrected chi connectivity index (χ1v) is 5.34. The first-order chi connectivity index (χ1) is 7.31. The Hall–Kier alpha value is -1.44. The van der Waals surface area contributed by atoms with Crippen LogP contribution in [0.2, 0.25) is 0 Å². The minimum Gasteiger partial charge on any atom is -0.256 e. The molecule has 0 bridgehead atoms. The average molecular weight is 205 g/mol. The molecule has 1 aromatic heterocycles. The second-order valence-electron chi connectivity index (χ2n) is 2.99. The van der Waals surface area contributed by atoms with Crippen molar-refractivity contribution in [2.45, 2.75) is 27.2 Å². The number of hydrogen-bond donors (Lipinski definition) is 0. The van der Waals surface area contributed by atoms with E-state index in [2.05, 4.69) is 4.98 Å². The van der Waals surface area contributed by atoms with Crippen LogP contribution < -0.4 is 0 Å². The number of nitrogens with zero attached hydrogens (tertiary/aromatic N) is 1. The van der Waals surface area contributed by atoms with Gasteiger partial charge in [0.2, 0.25) is 0 Å². The van der Waals surface area contributed by atoms with Crippen molar-refractivity contribution in [3.63, 3.8) is 0 Å².